The molecule has 2 amide bonds. The van der Waals surface area contributed by atoms with Crippen molar-refractivity contribution in [2.24, 2.45) is 5.16 Å². The Labute approximate surface area is 372 Å². The second-order valence-electron chi connectivity index (χ2n) is 15.2. The Morgan fingerprint density at radius 2 is 1.48 bits per heavy atom. The van der Waals surface area contributed by atoms with Crippen LogP contribution in [-0.4, -0.2) is 81.7 Å². The van der Waals surface area contributed by atoms with Crippen molar-refractivity contribution in [3.63, 3.8) is 0 Å². The molecule has 13 nitrogen and oxygen atoms in total. The molecule has 4 aromatic carbocycles. The number of halogens is 1. The largest absolute Gasteiger partial charge is 0.497 e. The number of aromatic nitrogens is 1. The number of amides is 2. The zero-order chi connectivity index (χ0) is 43.9. The van der Waals surface area contributed by atoms with E-state index in [1.54, 1.807) is 57.5 Å². The Balaban J connectivity index is 1.15. The van der Waals surface area contributed by atoms with Gasteiger partial charge in [0.1, 0.15) is 46.3 Å². The topological polar surface area (TPSA) is 158 Å². The molecule has 3 heterocycles. The van der Waals surface area contributed by atoms with Gasteiger partial charge in [-0.05, 0) is 60.7 Å². The summed E-state index contributed by atoms with van der Waals surface area (Å²) in [5.41, 5.74) is 2.25. The van der Waals surface area contributed by atoms with E-state index in [2.05, 4.69) is 15.8 Å². The van der Waals surface area contributed by atoms with Crippen molar-refractivity contribution in [3.8, 4) is 5.75 Å². The summed E-state index contributed by atoms with van der Waals surface area (Å²) in [5, 5.41) is 12.0. The van der Waals surface area contributed by atoms with E-state index < -0.39 is 52.9 Å². The van der Waals surface area contributed by atoms with Gasteiger partial charge in [-0.2, -0.15) is 0 Å². The van der Waals surface area contributed by atoms with Crippen molar-refractivity contribution in [2.75, 3.05) is 30.7 Å². The smallest absolute Gasteiger partial charge is 0.355 e. The highest BCUT2D eigenvalue weighted by molar-refractivity contribution is 8.00. The Kier molecular flexibility index (Phi) is 13.6. The molecule has 16 heteroatoms. The molecule has 5 aromatic rings. The van der Waals surface area contributed by atoms with E-state index in [-0.39, 0.29) is 29.6 Å². The number of oxime groups is 1. The second kappa shape index (κ2) is 19.3. The van der Waals surface area contributed by atoms with E-state index in [0.717, 1.165) is 22.3 Å². The SMILES string of the molecule is COc1ccc(COC(=O)C2=C(CCl)CS[C@@H]3C(NC(=O)/C(=N\OCC(=O)OC(C)(C)C)c4csc(NC(c5ccccc5)(c5ccccc5)c5ccccc5)n4)C(=O)N23)cc1. The molecule has 2 aliphatic rings. The molecule has 2 atom stereocenters. The zero-order valence-corrected chi connectivity index (χ0v) is 36.7. The second-order valence-corrected chi connectivity index (χ2v) is 17.4. The molecule has 2 N–H and O–H groups in total. The number of fused-ring (bicyclic) bond motifs is 1. The van der Waals surface area contributed by atoms with Gasteiger partial charge in [0.05, 0.1) is 7.11 Å². The molecule has 2 aliphatic heterocycles. The Morgan fingerprint density at radius 1 is 0.887 bits per heavy atom. The molecule has 62 heavy (non-hydrogen) atoms. The lowest BCUT2D eigenvalue weighted by atomic mass is 9.77. The summed E-state index contributed by atoms with van der Waals surface area (Å²) in [7, 11) is 1.56. The molecule has 0 saturated carbocycles. The number of thioether (sulfide) groups is 1. The molecule has 1 saturated heterocycles. The maximum Gasteiger partial charge on any atom is 0.355 e. The number of esters is 2. The Hall–Kier alpha value is -6.16. The van der Waals surface area contributed by atoms with Crippen LogP contribution in [0.4, 0.5) is 5.13 Å². The summed E-state index contributed by atoms with van der Waals surface area (Å²) in [6, 6.07) is 35.9. The molecule has 1 aromatic heterocycles. The van der Waals surface area contributed by atoms with Crippen molar-refractivity contribution in [1.82, 2.24) is 15.2 Å². The summed E-state index contributed by atoms with van der Waals surface area (Å²) >= 11 is 8.85. The van der Waals surface area contributed by atoms with Gasteiger partial charge in [-0.3, -0.25) is 14.5 Å². The van der Waals surface area contributed by atoms with Crippen LogP contribution in [0.5, 0.6) is 5.75 Å². The lowest BCUT2D eigenvalue weighted by Gasteiger charge is -2.49. The number of hydrogen-bond donors (Lipinski definition) is 2. The number of nitrogens with one attached hydrogen (secondary N) is 2. The van der Waals surface area contributed by atoms with E-state index in [9.17, 15) is 19.2 Å². The molecule has 0 spiro atoms. The molecule has 0 bridgehead atoms. The van der Waals surface area contributed by atoms with E-state index >= 15 is 0 Å². The first-order chi connectivity index (χ1) is 29.9. The van der Waals surface area contributed by atoms with E-state index in [4.69, 9.17) is 35.6 Å². The lowest BCUT2D eigenvalue weighted by molar-refractivity contribution is -0.160. The van der Waals surface area contributed by atoms with Crippen LogP contribution in [0.25, 0.3) is 0 Å². The highest BCUT2D eigenvalue weighted by atomic mass is 35.5. The van der Waals surface area contributed by atoms with Crippen molar-refractivity contribution in [2.45, 2.75) is 49.9 Å². The maximum absolute atomic E-state index is 14.3. The predicted octanol–water partition coefficient (Wildman–Crippen LogP) is 7.25. The van der Waals surface area contributed by atoms with Crippen LogP contribution in [0.2, 0.25) is 0 Å². The van der Waals surface area contributed by atoms with E-state index in [0.29, 0.717) is 22.2 Å². The molecule has 0 aliphatic carbocycles. The van der Waals surface area contributed by atoms with E-state index in [1.165, 1.54) is 28.0 Å². The highest BCUT2D eigenvalue weighted by Gasteiger charge is 2.54. The summed E-state index contributed by atoms with van der Waals surface area (Å²) in [5.74, 6) is -1.76. The van der Waals surface area contributed by atoms with Gasteiger partial charge in [0.25, 0.3) is 11.8 Å². The van der Waals surface area contributed by atoms with Crippen molar-refractivity contribution in [3.05, 3.63) is 160 Å². The quantitative estimate of drug-likeness (QED) is 0.0257. The third kappa shape index (κ3) is 9.65. The van der Waals surface area contributed by atoms with Gasteiger partial charge >= 0.3 is 11.9 Å². The van der Waals surface area contributed by atoms with Crippen LogP contribution in [0, 0.1) is 0 Å². The summed E-state index contributed by atoms with van der Waals surface area (Å²) < 4.78 is 16.2. The molecule has 1 fully saturated rings. The number of ether oxygens (including phenoxy) is 3. The van der Waals surface area contributed by atoms with Crippen LogP contribution < -0.4 is 15.4 Å². The number of carbonyl (C=O) groups is 4. The fourth-order valence-corrected chi connectivity index (χ4v) is 9.46. The fraction of sp³-hybridized carbons (Fsp3) is 0.261. The molecule has 7 rings (SSSR count). The fourth-order valence-electron chi connectivity index (χ4n) is 7.03. The third-order valence-corrected chi connectivity index (χ3v) is 12.3. The molecule has 1 unspecified atom stereocenters. The van der Waals surface area contributed by atoms with Gasteiger partial charge in [0.15, 0.2) is 10.8 Å². The first-order valence-electron chi connectivity index (χ1n) is 19.6. The number of benzene rings is 4. The van der Waals surface area contributed by atoms with Crippen LogP contribution in [-0.2, 0) is 45.6 Å². The number of alkyl halides is 1. The monoisotopic (exact) mass is 893 g/mol. The van der Waals surface area contributed by atoms with Gasteiger partial charge in [0, 0.05) is 17.0 Å². The summed E-state index contributed by atoms with van der Waals surface area (Å²) in [6.07, 6.45) is 0. The lowest BCUT2D eigenvalue weighted by Crippen LogP contribution is -2.71. The summed E-state index contributed by atoms with van der Waals surface area (Å²) in [6.45, 7) is 4.52. The molecular formula is C46H44ClN5O8S2. The van der Waals surface area contributed by atoms with Crippen LogP contribution in [0.15, 0.2) is 137 Å². The van der Waals surface area contributed by atoms with Gasteiger partial charge in [-0.1, -0.05) is 108 Å². The van der Waals surface area contributed by atoms with E-state index in [1.807, 2.05) is 91.0 Å². The maximum atomic E-state index is 14.3. The summed E-state index contributed by atoms with van der Waals surface area (Å²) in [4.78, 5) is 65.8. The van der Waals surface area contributed by atoms with Crippen LogP contribution >= 0.6 is 34.7 Å². The van der Waals surface area contributed by atoms with Crippen LogP contribution in [0.1, 0.15) is 48.7 Å². The van der Waals surface area contributed by atoms with Crippen molar-refractivity contribution < 1.29 is 38.2 Å². The van der Waals surface area contributed by atoms with Crippen LogP contribution in [0.3, 0.4) is 0 Å². The Morgan fingerprint density at radius 3 is 2.03 bits per heavy atom. The molecule has 320 valence electrons. The first-order valence-corrected chi connectivity index (χ1v) is 22.0. The number of nitrogens with zero attached hydrogens (tertiary/aromatic N) is 3. The number of carbonyl (C=O) groups excluding carboxylic acids is 4. The predicted molar refractivity (Wildman–Crippen MR) is 239 cm³/mol. The average Bonchev–Trinajstić information content (AvgIpc) is 3.75. The van der Waals surface area contributed by atoms with Gasteiger partial charge in [-0.25, -0.2) is 14.6 Å². The highest BCUT2D eigenvalue weighted by Crippen LogP contribution is 2.42. The number of methoxy groups -OCH3 is 1. The van der Waals surface area contributed by atoms with Gasteiger partial charge < -0.3 is 29.7 Å². The average molecular weight is 894 g/mol. The minimum Gasteiger partial charge on any atom is -0.497 e. The Bertz CT molecular complexity index is 2360. The molecule has 0 radical (unpaired) electrons. The minimum atomic E-state index is -1.05. The first kappa shape index (κ1) is 43.9. The number of anilines is 1. The standard InChI is InChI=1S/C46H44ClN5O8S2/c1-45(2,3)60-36(53)26-59-51-37(35-28-62-44(48-35)50-46(31-14-8-5-9-15-31,32-16-10-6-11-17-32)33-18-12-7-13-19-33)40(54)49-38-41(55)52-39(30(24-47)27-61-42(38)52)43(56)58-25-29-20-22-34(57-4)23-21-29/h5-23,28,38,42H,24-27H2,1-4H3,(H,48,50)(H,49,54)/b51-37-/t38?,42-/m1/s1. The number of rotatable bonds is 16. The number of β-lactam (4-membered cyclic amide) rings is 1. The third-order valence-electron chi connectivity index (χ3n) is 9.85. The molecular weight excluding hydrogens is 850 g/mol. The van der Waals surface area contributed by atoms with Crippen molar-refractivity contribution in [1.29, 1.82) is 0 Å². The number of thiazole rings is 1. The zero-order valence-electron chi connectivity index (χ0n) is 34.3. The van der Waals surface area contributed by atoms with Crippen molar-refractivity contribution >= 4 is 69.3 Å². The van der Waals surface area contributed by atoms with Gasteiger partial charge in [-0.15, -0.1) is 34.7 Å². The number of hydrogen-bond acceptors (Lipinski definition) is 13. The normalized spacial score (nSPS) is 16.4. The van der Waals surface area contributed by atoms with Gasteiger partial charge in [0.2, 0.25) is 6.61 Å². The minimum absolute atomic E-state index is 0.000412.